The van der Waals surface area contributed by atoms with Gasteiger partial charge >= 0.3 is 12.2 Å². The van der Waals surface area contributed by atoms with Gasteiger partial charge in [-0.05, 0) is 38.0 Å². The number of rotatable bonds is 3. The number of carbonyl (C=O) groups excluding carboxylic acids is 1. The summed E-state index contributed by atoms with van der Waals surface area (Å²) in [7, 11) is 0. The molecule has 1 atom stereocenters. The van der Waals surface area contributed by atoms with Gasteiger partial charge < -0.3 is 4.90 Å². The van der Waals surface area contributed by atoms with Crippen LogP contribution in [0.2, 0.25) is 0 Å². The average molecular weight is 419 g/mol. The number of amides is 2. The number of likely N-dealkylation sites (tertiary alicyclic amines) is 1. The number of anilines is 1. The molecule has 1 aliphatic rings. The number of hydrogen-bond acceptors (Lipinski definition) is 3. The molecule has 2 amide bonds. The number of hydrogen-bond donors (Lipinski definition) is 1. The number of thiazole rings is 1. The van der Waals surface area contributed by atoms with Crippen LogP contribution in [0.15, 0.2) is 24.4 Å². The maximum Gasteiger partial charge on any atom is 0.394 e. The number of alkyl halides is 3. The Morgan fingerprint density at radius 2 is 2.04 bits per heavy atom. The summed E-state index contributed by atoms with van der Waals surface area (Å²) in [4.78, 5) is 18.4. The van der Waals surface area contributed by atoms with E-state index >= 15 is 0 Å². The molecule has 1 unspecified atom stereocenters. The molecule has 1 aromatic carbocycles. The van der Waals surface area contributed by atoms with E-state index in [4.69, 9.17) is 0 Å². The van der Waals surface area contributed by atoms with Gasteiger partial charge in [0.15, 0.2) is 16.8 Å². The first-order valence-corrected chi connectivity index (χ1v) is 9.34. The van der Waals surface area contributed by atoms with Crippen LogP contribution in [0.3, 0.4) is 0 Å². The Labute approximate surface area is 162 Å². The van der Waals surface area contributed by atoms with Crippen molar-refractivity contribution < 1.29 is 26.7 Å². The number of nitrogens with one attached hydrogen (secondary N) is 1. The van der Waals surface area contributed by atoms with E-state index in [0.29, 0.717) is 10.4 Å². The molecular weight excluding hydrogens is 401 g/mol. The Morgan fingerprint density at radius 3 is 2.64 bits per heavy atom. The summed E-state index contributed by atoms with van der Waals surface area (Å²) < 4.78 is 65.8. The Morgan fingerprint density at radius 1 is 1.32 bits per heavy atom. The molecule has 152 valence electrons. The van der Waals surface area contributed by atoms with Crippen LogP contribution in [-0.2, 0) is 6.42 Å². The standard InChI is InChI=1S/C18H18F5N3OS/c1-17(2)14(18(21,22)23)5-6-26(17)16(27)25-15-24-9-11(28-15)7-10-3-4-12(19)13(20)8-10/h3-4,8-9,14H,5-7H2,1-2H3,(H,24,25,27). The predicted octanol–water partition coefficient (Wildman–Crippen LogP) is 5.21. The van der Waals surface area contributed by atoms with Gasteiger partial charge in [0.25, 0.3) is 0 Å². The van der Waals surface area contributed by atoms with Crippen molar-refractivity contribution in [1.29, 1.82) is 0 Å². The lowest BCUT2D eigenvalue weighted by Crippen LogP contribution is -2.51. The Hall–Kier alpha value is -2.23. The first kappa shape index (κ1) is 20.5. The van der Waals surface area contributed by atoms with Gasteiger partial charge in [-0.2, -0.15) is 13.2 Å². The second-order valence-corrected chi connectivity index (χ2v) is 8.29. The van der Waals surface area contributed by atoms with Crippen LogP contribution in [0.5, 0.6) is 0 Å². The summed E-state index contributed by atoms with van der Waals surface area (Å²) in [6, 6.07) is 2.91. The smallest absolute Gasteiger partial charge is 0.319 e. The predicted molar refractivity (Wildman–Crippen MR) is 95.2 cm³/mol. The van der Waals surface area contributed by atoms with E-state index in [9.17, 15) is 26.7 Å². The summed E-state index contributed by atoms with van der Waals surface area (Å²) in [5.74, 6) is -3.48. The quantitative estimate of drug-likeness (QED) is 0.695. The fourth-order valence-electron chi connectivity index (χ4n) is 3.47. The molecule has 3 rings (SSSR count). The second kappa shape index (κ2) is 7.31. The third-order valence-corrected chi connectivity index (χ3v) is 5.87. The van der Waals surface area contributed by atoms with E-state index < -0.39 is 35.3 Å². The summed E-state index contributed by atoms with van der Waals surface area (Å²) >= 11 is 1.12. The van der Waals surface area contributed by atoms with Crippen LogP contribution in [0.25, 0.3) is 0 Å². The summed E-state index contributed by atoms with van der Waals surface area (Å²) in [6.07, 6.45) is -2.76. The molecule has 2 heterocycles. The molecule has 10 heteroatoms. The third kappa shape index (κ3) is 4.11. The lowest BCUT2D eigenvalue weighted by Gasteiger charge is -2.36. The zero-order valence-corrected chi connectivity index (χ0v) is 15.9. The average Bonchev–Trinajstić information content (AvgIpc) is 3.13. The number of benzene rings is 1. The Bertz CT molecular complexity index is 880. The van der Waals surface area contributed by atoms with E-state index in [2.05, 4.69) is 10.3 Å². The van der Waals surface area contributed by atoms with Gasteiger partial charge in [0.2, 0.25) is 0 Å². The molecule has 0 spiro atoms. The van der Waals surface area contributed by atoms with Gasteiger partial charge in [0, 0.05) is 24.0 Å². The highest BCUT2D eigenvalue weighted by Gasteiger charge is 2.56. The molecule has 0 bridgehead atoms. The third-order valence-electron chi connectivity index (χ3n) is 4.96. The van der Waals surface area contributed by atoms with Crippen molar-refractivity contribution in [3.05, 3.63) is 46.5 Å². The van der Waals surface area contributed by atoms with Crippen molar-refractivity contribution in [1.82, 2.24) is 9.88 Å². The molecule has 0 saturated carbocycles. The molecule has 0 aliphatic carbocycles. The fraction of sp³-hybridized carbons (Fsp3) is 0.444. The van der Waals surface area contributed by atoms with Gasteiger partial charge in [-0.1, -0.05) is 6.07 Å². The van der Waals surface area contributed by atoms with E-state index in [1.165, 1.54) is 31.0 Å². The van der Waals surface area contributed by atoms with Gasteiger partial charge in [-0.15, -0.1) is 11.3 Å². The minimum absolute atomic E-state index is 0.00387. The normalized spacial score (nSPS) is 19.1. The summed E-state index contributed by atoms with van der Waals surface area (Å²) in [5, 5.41) is 2.76. The maximum atomic E-state index is 13.3. The summed E-state index contributed by atoms with van der Waals surface area (Å²) in [5.41, 5.74) is -0.831. The lowest BCUT2D eigenvalue weighted by molar-refractivity contribution is -0.189. The molecule has 4 nitrogen and oxygen atoms in total. The number of urea groups is 1. The Kier molecular flexibility index (Phi) is 5.35. The highest BCUT2D eigenvalue weighted by Crippen LogP contribution is 2.44. The van der Waals surface area contributed by atoms with Gasteiger partial charge in [0.05, 0.1) is 11.5 Å². The number of halogens is 5. The highest BCUT2D eigenvalue weighted by molar-refractivity contribution is 7.15. The summed E-state index contributed by atoms with van der Waals surface area (Å²) in [6.45, 7) is 2.79. The zero-order chi connectivity index (χ0) is 20.7. The van der Waals surface area contributed by atoms with Crippen molar-refractivity contribution >= 4 is 22.5 Å². The monoisotopic (exact) mass is 419 g/mol. The fourth-order valence-corrected chi connectivity index (χ4v) is 4.31. The second-order valence-electron chi connectivity index (χ2n) is 7.18. The molecule has 1 N–H and O–H groups in total. The van der Waals surface area contributed by atoms with Crippen LogP contribution in [0.4, 0.5) is 31.9 Å². The van der Waals surface area contributed by atoms with Crippen LogP contribution in [-0.4, -0.2) is 34.2 Å². The molecule has 28 heavy (non-hydrogen) atoms. The molecule has 1 fully saturated rings. The van der Waals surface area contributed by atoms with E-state index in [-0.39, 0.29) is 24.5 Å². The van der Waals surface area contributed by atoms with Crippen molar-refractivity contribution in [2.45, 2.75) is 38.4 Å². The minimum Gasteiger partial charge on any atom is -0.319 e. The topological polar surface area (TPSA) is 45.2 Å². The van der Waals surface area contributed by atoms with Crippen LogP contribution >= 0.6 is 11.3 Å². The first-order valence-electron chi connectivity index (χ1n) is 8.52. The molecule has 0 radical (unpaired) electrons. The number of carbonyl (C=O) groups is 1. The first-order chi connectivity index (χ1) is 13.0. The molecule has 1 aromatic heterocycles. The van der Waals surface area contributed by atoms with Crippen molar-refractivity contribution in [3.8, 4) is 0 Å². The molecular formula is C18H18F5N3OS. The van der Waals surface area contributed by atoms with E-state index in [1.807, 2.05) is 0 Å². The molecule has 2 aromatic rings. The minimum atomic E-state index is -4.38. The van der Waals surface area contributed by atoms with Crippen molar-refractivity contribution in [2.75, 3.05) is 11.9 Å². The molecule has 1 saturated heterocycles. The Balaban J connectivity index is 1.66. The highest BCUT2D eigenvalue weighted by atomic mass is 32.1. The lowest BCUT2D eigenvalue weighted by atomic mass is 9.88. The van der Waals surface area contributed by atoms with Crippen LogP contribution in [0.1, 0.15) is 30.7 Å². The van der Waals surface area contributed by atoms with Crippen LogP contribution in [0, 0.1) is 17.6 Å². The number of aromatic nitrogens is 1. The van der Waals surface area contributed by atoms with Crippen molar-refractivity contribution in [2.24, 2.45) is 5.92 Å². The number of nitrogens with zero attached hydrogens (tertiary/aromatic N) is 2. The molecule has 1 aliphatic heterocycles. The van der Waals surface area contributed by atoms with Gasteiger partial charge in [-0.3, -0.25) is 5.32 Å². The zero-order valence-electron chi connectivity index (χ0n) is 15.1. The SMILES string of the molecule is CC1(C)C(C(F)(F)F)CCN1C(=O)Nc1ncc(Cc2ccc(F)c(F)c2)s1. The van der Waals surface area contributed by atoms with E-state index in [1.54, 1.807) is 0 Å². The van der Waals surface area contributed by atoms with E-state index in [0.717, 1.165) is 23.5 Å². The largest absolute Gasteiger partial charge is 0.394 e. The van der Waals surface area contributed by atoms with Gasteiger partial charge in [0.1, 0.15) is 0 Å². The maximum absolute atomic E-state index is 13.3. The van der Waals surface area contributed by atoms with Gasteiger partial charge in [-0.25, -0.2) is 18.6 Å². The van der Waals surface area contributed by atoms with Crippen molar-refractivity contribution in [3.63, 3.8) is 0 Å². The van der Waals surface area contributed by atoms with Crippen LogP contribution < -0.4 is 5.32 Å².